The van der Waals surface area contributed by atoms with Gasteiger partial charge in [-0.2, -0.15) is 0 Å². The summed E-state index contributed by atoms with van der Waals surface area (Å²) in [5.74, 6) is 0.317. The Morgan fingerprint density at radius 3 is 1.14 bits per heavy atom. The van der Waals surface area contributed by atoms with Gasteiger partial charge in [-0.25, -0.2) is 0 Å². The molecule has 0 radical (unpaired) electrons. The quantitative estimate of drug-likeness (QED) is 0.0358. The maximum atomic E-state index is 14.4. The maximum Gasteiger partial charge on any atom is 0.236 e. The first-order valence-electron chi connectivity index (χ1n) is 32.5. The molecule has 432 valence electrons. The van der Waals surface area contributed by atoms with Crippen molar-refractivity contribution in [1.82, 2.24) is 30.2 Å². The molecular weight excluding hydrogens is 901 g/mol. The van der Waals surface area contributed by atoms with E-state index in [0.717, 1.165) is 71.4 Å². The van der Waals surface area contributed by atoms with Gasteiger partial charge in [-0.15, -0.1) is 0 Å². The van der Waals surface area contributed by atoms with E-state index in [1.165, 1.54) is 244 Å². The first-order valence-corrected chi connectivity index (χ1v) is 32.5. The van der Waals surface area contributed by atoms with Crippen LogP contribution in [0.5, 0.6) is 0 Å². The van der Waals surface area contributed by atoms with Crippen LogP contribution in [-0.4, -0.2) is 123 Å². The molecule has 0 fully saturated rings. The predicted molar refractivity (Wildman–Crippen MR) is 320 cm³/mol. The summed E-state index contributed by atoms with van der Waals surface area (Å²) in [5, 5.41) is 6.03. The SMILES string of the molecule is CCCCCC/C=C\CC(=O)NCCCN(CCCCCCCCCCCCCC)CCCN(CCNC=O)C(=O)CN(CCCCCCCCC)CCN(CCCCCCCCC)CCCCCCCCC. The van der Waals surface area contributed by atoms with Crippen LogP contribution in [0.4, 0.5) is 0 Å². The maximum absolute atomic E-state index is 14.4. The van der Waals surface area contributed by atoms with Gasteiger partial charge >= 0.3 is 0 Å². The van der Waals surface area contributed by atoms with Gasteiger partial charge in [-0.3, -0.25) is 19.3 Å². The third-order valence-electron chi connectivity index (χ3n) is 15.2. The van der Waals surface area contributed by atoms with Crippen LogP contribution >= 0.6 is 0 Å². The van der Waals surface area contributed by atoms with Crippen molar-refractivity contribution in [1.29, 1.82) is 0 Å². The molecule has 0 atom stereocenters. The van der Waals surface area contributed by atoms with Gasteiger partial charge in [0.1, 0.15) is 0 Å². The van der Waals surface area contributed by atoms with Crippen LogP contribution in [0.25, 0.3) is 0 Å². The normalized spacial score (nSPS) is 11.8. The zero-order chi connectivity index (χ0) is 53.2. The smallest absolute Gasteiger partial charge is 0.236 e. The average molecular weight is 1030 g/mol. The lowest BCUT2D eigenvalue weighted by Gasteiger charge is -2.31. The second-order valence-corrected chi connectivity index (χ2v) is 22.2. The Balaban J connectivity index is 5.71. The molecule has 0 saturated heterocycles. The Labute approximate surface area is 456 Å². The van der Waals surface area contributed by atoms with E-state index >= 15 is 0 Å². The standard InChI is InChI=1S/C64H128N6O3/c1-6-11-16-21-26-27-28-29-30-35-39-42-51-67(55-46-49-66-63(72)48-41-36-31-22-17-12-7-2)56-47-57-70(58-50-65-62-71)64(73)61-69(54-45-40-34-25-20-15-10-5)60-59-68(52-43-37-32-23-18-13-8-3)53-44-38-33-24-19-14-9-4/h36,41,62H,6-35,37-40,42-61H2,1-5H3,(H,65,71)(H,66,72)/b41-36-. The number of nitrogens with one attached hydrogen (secondary N) is 2. The molecule has 0 spiro atoms. The summed E-state index contributed by atoms with van der Waals surface area (Å²) in [5.41, 5.74) is 0. The minimum absolute atomic E-state index is 0.116. The van der Waals surface area contributed by atoms with E-state index in [0.29, 0.717) is 39.1 Å². The van der Waals surface area contributed by atoms with Crippen LogP contribution in [0.15, 0.2) is 12.2 Å². The Kier molecular flexibility index (Phi) is 57.7. The number of carbonyl (C=O) groups is 3. The van der Waals surface area contributed by atoms with E-state index in [4.69, 9.17) is 0 Å². The van der Waals surface area contributed by atoms with E-state index in [1.807, 2.05) is 11.0 Å². The number of hydrogen-bond donors (Lipinski definition) is 2. The summed E-state index contributed by atoms with van der Waals surface area (Å²) in [4.78, 5) is 48.3. The Bertz CT molecular complexity index is 1150. The van der Waals surface area contributed by atoms with Crippen LogP contribution < -0.4 is 10.6 Å². The molecule has 0 heterocycles. The van der Waals surface area contributed by atoms with Crippen LogP contribution in [0, 0.1) is 0 Å². The van der Waals surface area contributed by atoms with Gasteiger partial charge in [0.2, 0.25) is 18.2 Å². The van der Waals surface area contributed by atoms with Crippen molar-refractivity contribution in [2.24, 2.45) is 0 Å². The highest BCUT2D eigenvalue weighted by Gasteiger charge is 2.19. The minimum atomic E-state index is 0.116. The summed E-state index contributed by atoms with van der Waals surface area (Å²) in [7, 11) is 0. The first-order chi connectivity index (χ1) is 35.9. The third kappa shape index (κ3) is 51.9. The minimum Gasteiger partial charge on any atom is -0.357 e. The zero-order valence-corrected chi connectivity index (χ0v) is 49.9. The van der Waals surface area contributed by atoms with E-state index in [2.05, 4.69) is 66.0 Å². The number of nitrogens with zero attached hydrogens (tertiary/aromatic N) is 4. The van der Waals surface area contributed by atoms with E-state index in [-0.39, 0.29) is 11.8 Å². The Morgan fingerprint density at radius 1 is 0.342 bits per heavy atom. The molecule has 0 bridgehead atoms. The lowest BCUT2D eigenvalue weighted by molar-refractivity contribution is -0.132. The second kappa shape index (κ2) is 59.3. The van der Waals surface area contributed by atoms with Gasteiger partial charge in [0.15, 0.2) is 0 Å². The number of hydrogen-bond acceptors (Lipinski definition) is 6. The van der Waals surface area contributed by atoms with Gasteiger partial charge in [0, 0.05) is 45.7 Å². The third-order valence-corrected chi connectivity index (χ3v) is 15.2. The highest BCUT2D eigenvalue weighted by molar-refractivity contribution is 5.78. The van der Waals surface area contributed by atoms with E-state index < -0.39 is 0 Å². The molecule has 9 nitrogen and oxygen atoms in total. The van der Waals surface area contributed by atoms with Crippen molar-refractivity contribution >= 4 is 18.2 Å². The largest absolute Gasteiger partial charge is 0.357 e. The number of unbranched alkanes of at least 4 members (excludes halogenated alkanes) is 33. The summed E-state index contributed by atoms with van der Waals surface area (Å²) < 4.78 is 0. The van der Waals surface area contributed by atoms with Crippen molar-refractivity contribution in [2.45, 2.75) is 298 Å². The van der Waals surface area contributed by atoms with Gasteiger partial charge in [0.05, 0.1) is 6.54 Å². The van der Waals surface area contributed by atoms with Crippen LogP contribution in [-0.2, 0) is 14.4 Å². The number of rotatable bonds is 61. The molecule has 0 aliphatic carbocycles. The van der Waals surface area contributed by atoms with Crippen molar-refractivity contribution in [3.8, 4) is 0 Å². The molecule has 73 heavy (non-hydrogen) atoms. The van der Waals surface area contributed by atoms with Crippen molar-refractivity contribution < 1.29 is 14.4 Å². The molecule has 0 aromatic carbocycles. The van der Waals surface area contributed by atoms with Crippen LogP contribution in [0.1, 0.15) is 298 Å². The highest BCUT2D eigenvalue weighted by atomic mass is 16.2. The lowest BCUT2D eigenvalue weighted by Crippen LogP contribution is -2.46. The lowest BCUT2D eigenvalue weighted by atomic mass is 10.1. The number of allylic oxidation sites excluding steroid dienone is 1. The van der Waals surface area contributed by atoms with Gasteiger partial charge in [-0.1, -0.05) is 252 Å². The summed E-state index contributed by atoms with van der Waals surface area (Å²) in [6.07, 6.45) is 57.1. The molecule has 0 aliphatic heterocycles. The summed E-state index contributed by atoms with van der Waals surface area (Å²) in [6, 6.07) is 0. The van der Waals surface area contributed by atoms with E-state index in [9.17, 15) is 14.4 Å². The second-order valence-electron chi connectivity index (χ2n) is 22.2. The molecule has 0 aliphatic rings. The van der Waals surface area contributed by atoms with Crippen LogP contribution in [0.2, 0.25) is 0 Å². The van der Waals surface area contributed by atoms with Crippen molar-refractivity contribution in [3.05, 3.63) is 12.2 Å². The highest BCUT2D eigenvalue weighted by Crippen LogP contribution is 2.15. The molecule has 0 unspecified atom stereocenters. The summed E-state index contributed by atoms with van der Waals surface area (Å²) in [6.45, 7) is 22.5. The Morgan fingerprint density at radius 2 is 0.699 bits per heavy atom. The van der Waals surface area contributed by atoms with Crippen LogP contribution in [0.3, 0.4) is 0 Å². The van der Waals surface area contributed by atoms with E-state index in [1.54, 1.807) is 0 Å². The fourth-order valence-corrected chi connectivity index (χ4v) is 10.3. The summed E-state index contributed by atoms with van der Waals surface area (Å²) >= 11 is 0. The van der Waals surface area contributed by atoms with Gasteiger partial charge < -0.3 is 25.3 Å². The monoisotopic (exact) mass is 1030 g/mol. The molecule has 0 saturated carbocycles. The zero-order valence-electron chi connectivity index (χ0n) is 49.9. The van der Waals surface area contributed by atoms with Crippen molar-refractivity contribution in [3.63, 3.8) is 0 Å². The molecule has 9 heteroatoms. The Hall–Kier alpha value is -1.97. The topological polar surface area (TPSA) is 88.2 Å². The van der Waals surface area contributed by atoms with Gasteiger partial charge in [-0.05, 0) is 90.6 Å². The molecule has 0 rings (SSSR count). The fourth-order valence-electron chi connectivity index (χ4n) is 10.3. The molecule has 0 aromatic rings. The molecule has 3 amide bonds. The average Bonchev–Trinajstić information content (AvgIpc) is 3.39. The fraction of sp³-hybridized carbons (Fsp3) is 0.922. The molecule has 0 aromatic heterocycles. The number of amides is 3. The van der Waals surface area contributed by atoms with Gasteiger partial charge in [0.25, 0.3) is 0 Å². The first kappa shape index (κ1) is 71.0. The predicted octanol–water partition coefficient (Wildman–Crippen LogP) is 16.2. The van der Waals surface area contributed by atoms with Crippen molar-refractivity contribution in [2.75, 3.05) is 85.1 Å². The molecule has 2 N–H and O–H groups in total. The molecular formula is C64H128N6O3. The number of carbonyl (C=O) groups excluding carboxylic acids is 3.